The predicted octanol–water partition coefficient (Wildman–Crippen LogP) is 4.40. The van der Waals surface area contributed by atoms with Crippen molar-refractivity contribution in [1.82, 2.24) is 19.7 Å². The Labute approximate surface area is 157 Å². The van der Waals surface area contributed by atoms with Gasteiger partial charge in [0.1, 0.15) is 11.6 Å². The van der Waals surface area contributed by atoms with Crippen LogP contribution in [0.25, 0.3) is 0 Å². The van der Waals surface area contributed by atoms with Crippen molar-refractivity contribution in [2.45, 2.75) is 63.7 Å². The molecule has 0 bridgehead atoms. The van der Waals surface area contributed by atoms with Gasteiger partial charge >= 0.3 is 6.18 Å². The van der Waals surface area contributed by atoms with Gasteiger partial charge in [-0.15, -0.1) is 10.2 Å². The van der Waals surface area contributed by atoms with E-state index in [0.29, 0.717) is 12.5 Å². The lowest BCUT2D eigenvalue weighted by Crippen LogP contribution is -2.35. The van der Waals surface area contributed by atoms with Gasteiger partial charge in [0.15, 0.2) is 0 Å². The molecule has 1 aromatic heterocycles. The molecule has 0 aliphatic carbocycles. The summed E-state index contributed by atoms with van der Waals surface area (Å²) in [5.74, 6) is 2.57. The summed E-state index contributed by atoms with van der Waals surface area (Å²) in [5, 5.41) is 8.93. The Hall–Kier alpha value is -1.89. The third-order valence-corrected chi connectivity index (χ3v) is 5.70. The number of benzene rings is 1. The minimum atomic E-state index is -4.28. The Balaban J connectivity index is 1.44. The second-order valence-electron chi connectivity index (χ2n) is 7.71. The molecule has 4 rings (SSSR count). The van der Waals surface area contributed by atoms with E-state index in [1.165, 1.54) is 31.4 Å². The normalized spacial score (nSPS) is 21.7. The molecule has 27 heavy (non-hydrogen) atoms. The van der Waals surface area contributed by atoms with Crippen molar-refractivity contribution in [1.29, 1.82) is 0 Å². The number of aromatic nitrogens is 3. The second-order valence-corrected chi connectivity index (χ2v) is 7.71. The summed E-state index contributed by atoms with van der Waals surface area (Å²) in [4.78, 5) is 2.33. The van der Waals surface area contributed by atoms with Crippen LogP contribution in [0.3, 0.4) is 0 Å². The first-order valence-corrected chi connectivity index (χ1v) is 9.81. The number of hydrogen-bond acceptors (Lipinski definition) is 3. The third kappa shape index (κ3) is 4.18. The standard InChI is InChI=1S/C20H25F3N4/c21-20(22,23)17-9-7-15(8-10-17)13-26-11-4-5-16(14-26)19-25-24-18-6-2-1-3-12-27(18)19/h7-10,16H,1-6,11-14H2. The summed E-state index contributed by atoms with van der Waals surface area (Å²) in [6.07, 6.45) is 2.51. The minimum absolute atomic E-state index is 0.354. The number of piperidine rings is 1. The lowest BCUT2D eigenvalue weighted by Gasteiger charge is -2.32. The molecule has 0 N–H and O–H groups in total. The Bertz CT molecular complexity index is 767. The number of nitrogens with zero attached hydrogens (tertiary/aromatic N) is 4. The molecule has 0 spiro atoms. The Morgan fingerprint density at radius 3 is 2.56 bits per heavy atom. The number of fused-ring (bicyclic) bond motifs is 1. The van der Waals surface area contributed by atoms with Crippen LogP contribution in [0, 0.1) is 0 Å². The van der Waals surface area contributed by atoms with Crippen LogP contribution in [0.1, 0.15) is 60.8 Å². The van der Waals surface area contributed by atoms with Gasteiger partial charge in [-0.25, -0.2) is 0 Å². The Morgan fingerprint density at radius 2 is 1.78 bits per heavy atom. The lowest BCUT2D eigenvalue weighted by atomic mass is 9.96. The predicted molar refractivity (Wildman–Crippen MR) is 96.3 cm³/mol. The van der Waals surface area contributed by atoms with Gasteiger partial charge in [0.05, 0.1) is 5.56 Å². The molecule has 146 valence electrons. The molecular weight excluding hydrogens is 353 g/mol. The summed E-state index contributed by atoms with van der Waals surface area (Å²) in [6.45, 7) is 3.54. The van der Waals surface area contributed by atoms with Crippen LogP contribution in [0.15, 0.2) is 24.3 Å². The van der Waals surface area contributed by atoms with Crippen molar-refractivity contribution in [3.8, 4) is 0 Å². The summed E-state index contributed by atoms with van der Waals surface area (Å²) in [5.41, 5.74) is 0.331. The highest BCUT2D eigenvalue weighted by Crippen LogP contribution is 2.31. The quantitative estimate of drug-likeness (QED) is 0.794. The Morgan fingerprint density at radius 1 is 0.963 bits per heavy atom. The molecule has 4 nitrogen and oxygen atoms in total. The first kappa shape index (κ1) is 18.5. The SMILES string of the molecule is FC(F)(F)c1ccc(CN2CCCC(c3nnc4n3CCCCC4)C2)cc1. The maximum absolute atomic E-state index is 12.7. The van der Waals surface area contributed by atoms with E-state index >= 15 is 0 Å². The number of likely N-dealkylation sites (tertiary alicyclic amines) is 1. The molecule has 0 amide bonds. The highest BCUT2D eigenvalue weighted by Gasteiger charge is 2.30. The molecule has 7 heteroatoms. The summed E-state index contributed by atoms with van der Waals surface area (Å²) in [7, 11) is 0. The van der Waals surface area contributed by atoms with E-state index < -0.39 is 11.7 Å². The van der Waals surface area contributed by atoms with Crippen molar-refractivity contribution in [2.75, 3.05) is 13.1 Å². The molecule has 2 aliphatic rings. The largest absolute Gasteiger partial charge is 0.416 e. The van der Waals surface area contributed by atoms with E-state index in [1.54, 1.807) is 12.1 Å². The number of alkyl halides is 3. The lowest BCUT2D eigenvalue weighted by molar-refractivity contribution is -0.137. The molecular formula is C20H25F3N4. The fourth-order valence-corrected chi connectivity index (χ4v) is 4.28. The van der Waals surface area contributed by atoms with Crippen LogP contribution in [0.2, 0.25) is 0 Å². The van der Waals surface area contributed by atoms with Gasteiger partial charge in [0, 0.05) is 32.0 Å². The van der Waals surface area contributed by atoms with Gasteiger partial charge in [0.25, 0.3) is 0 Å². The maximum atomic E-state index is 12.7. The first-order chi connectivity index (χ1) is 13.0. The minimum Gasteiger partial charge on any atom is -0.315 e. The molecule has 2 aliphatic heterocycles. The summed E-state index contributed by atoms with van der Waals surface area (Å²) in [6, 6.07) is 5.54. The van der Waals surface area contributed by atoms with E-state index in [4.69, 9.17) is 0 Å². The van der Waals surface area contributed by atoms with E-state index in [1.807, 2.05) is 0 Å². The first-order valence-electron chi connectivity index (χ1n) is 9.81. The smallest absolute Gasteiger partial charge is 0.315 e. The second kappa shape index (κ2) is 7.62. The van der Waals surface area contributed by atoms with Crippen molar-refractivity contribution >= 4 is 0 Å². The molecule has 2 aromatic rings. The van der Waals surface area contributed by atoms with Gasteiger partial charge in [0.2, 0.25) is 0 Å². The average Bonchev–Trinajstić information content (AvgIpc) is 2.90. The number of halogens is 3. The van der Waals surface area contributed by atoms with Crippen molar-refractivity contribution in [3.05, 3.63) is 47.0 Å². The van der Waals surface area contributed by atoms with Crippen LogP contribution in [-0.2, 0) is 25.7 Å². The monoisotopic (exact) mass is 378 g/mol. The molecule has 0 radical (unpaired) electrons. The van der Waals surface area contributed by atoms with E-state index in [0.717, 1.165) is 56.1 Å². The van der Waals surface area contributed by atoms with Gasteiger partial charge in [-0.05, 0) is 49.9 Å². The fourth-order valence-electron chi connectivity index (χ4n) is 4.28. The van der Waals surface area contributed by atoms with E-state index in [9.17, 15) is 13.2 Å². The molecule has 3 heterocycles. The Kier molecular flexibility index (Phi) is 5.21. The number of aryl methyl sites for hydroxylation is 1. The molecule has 1 saturated heterocycles. The summed E-state index contributed by atoms with van der Waals surface area (Å²) < 4.78 is 40.5. The zero-order valence-corrected chi connectivity index (χ0v) is 15.4. The topological polar surface area (TPSA) is 34.0 Å². The van der Waals surface area contributed by atoms with Crippen LogP contribution < -0.4 is 0 Å². The van der Waals surface area contributed by atoms with Crippen molar-refractivity contribution in [2.24, 2.45) is 0 Å². The fraction of sp³-hybridized carbons (Fsp3) is 0.600. The molecule has 1 unspecified atom stereocenters. The molecule has 1 aromatic carbocycles. The highest BCUT2D eigenvalue weighted by atomic mass is 19.4. The highest BCUT2D eigenvalue weighted by molar-refractivity contribution is 5.24. The zero-order valence-electron chi connectivity index (χ0n) is 15.4. The van der Waals surface area contributed by atoms with Gasteiger partial charge in [-0.3, -0.25) is 4.90 Å². The van der Waals surface area contributed by atoms with Crippen molar-refractivity contribution < 1.29 is 13.2 Å². The van der Waals surface area contributed by atoms with Gasteiger partial charge < -0.3 is 4.57 Å². The van der Waals surface area contributed by atoms with Crippen molar-refractivity contribution in [3.63, 3.8) is 0 Å². The third-order valence-electron chi connectivity index (χ3n) is 5.70. The number of hydrogen-bond donors (Lipinski definition) is 0. The zero-order chi connectivity index (χ0) is 18.9. The maximum Gasteiger partial charge on any atom is 0.416 e. The van der Waals surface area contributed by atoms with Gasteiger partial charge in [-0.2, -0.15) is 13.2 Å². The summed E-state index contributed by atoms with van der Waals surface area (Å²) >= 11 is 0. The number of rotatable bonds is 3. The molecule has 1 atom stereocenters. The average molecular weight is 378 g/mol. The van der Waals surface area contributed by atoms with Crippen LogP contribution in [-0.4, -0.2) is 32.8 Å². The van der Waals surface area contributed by atoms with Crippen LogP contribution in [0.5, 0.6) is 0 Å². The molecule has 1 fully saturated rings. The van der Waals surface area contributed by atoms with E-state index in [2.05, 4.69) is 19.7 Å². The molecule has 0 saturated carbocycles. The van der Waals surface area contributed by atoms with Crippen LogP contribution in [0.4, 0.5) is 13.2 Å². The van der Waals surface area contributed by atoms with E-state index in [-0.39, 0.29) is 0 Å². The van der Waals surface area contributed by atoms with Crippen LogP contribution >= 0.6 is 0 Å². The van der Waals surface area contributed by atoms with Gasteiger partial charge in [-0.1, -0.05) is 18.6 Å².